The summed E-state index contributed by atoms with van der Waals surface area (Å²) in [6.45, 7) is 4.87. The van der Waals surface area contributed by atoms with Gasteiger partial charge in [-0.1, -0.05) is 12.1 Å². The summed E-state index contributed by atoms with van der Waals surface area (Å²) in [7, 11) is 0. The van der Waals surface area contributed by atoms with Gasteiger partial charge in [-0.25, -0.2) is 0 Å². The van der Waals surface area contributed by atoms with Crippen LogP contribution in [-0.2, 0) is 5.54 Å². The third-order valence-corrected chi connectivity index (χ3v) is 2.20. The molecule has 1 aliphatic rings. The van der Waals surface area contributed by atoms with Crippen LogP contribution in [0.2, 0.25) is 0 Å². The lowest BCUT2D eigenvalue weighted by Gasteiger charge is -2.09. The fraction of sp³-hybridized carbons (Fsp3) is 0.750. The number of hydrogen-bond donors (Lipinski definition) is 1. The largest absolute Gasteiger partial charge is 0.337 e. The van der Waals surface area contributed by atoms with Gasteiger partial charge >= 0.3 is 0 Å². The van der Waals surface area contributed by atoms with E-state index >= 15 is 0 Å². The van der Waals surface area contributed by atoms with Crippen molar-refractivity contribution in [2.45, 2.75) is 32.2 Å². The van der Waals surface area contributed by atoms with E-state index in [2.05, 4.69) is 22.4 Å². The Morgan fingerprint density at radius 2 is 2.33 bits per heavy atom. The minimum atomic E-state index is 0.0238. The highest BCUT2D eigenvalue weighted by Crippen LogP contribution is 2.44. The Balaban J connectivity index is 2.18. The fourth-order valence-electron chi connectivity index (χ4n) is 1.42. The molecule has 4 nitrogen and oxygen atoms in total. The second-order valence-corrected chi connectivity index (χ2v) is 3.26. The molecule has 1 heterocycles. The summed E-state index contributed by atoms with van der Waals surface area (Å²) in [5, 5.41) is 7.15. The number of nitrogens with one attached hydrogen (secondary N) is 1. The molecule has 0 bridgehead atoms. The zero-order valence-corrected chi connectivity index (χ0v) is 7.42. The standard InChI is InChI=1S/C8H13N3O/c1-3-9-8(4-5-8)7-10-6(2)11-12-7/h9H,3-5H2,1-2H3. The first kappa shape index (κ1) is 7.73. The lowest BCUT2D eigenvalue weighted by atomic mass is 10.2. The van der Waals surface area contributed by atoms with Crippen LogP contribution in [0.1, 0.15) is 31.5 Å². The minimum Gasteiger partial charge on any atom is -0.337 e. The lowest BCUT2D eigenvalue weighted by molar-refractivity contribution is 0.319. The van der Waals surface area contributed by atoms with Gasteiger partial charge in [0.15, 0.2) is 5.82 Å². The summed E-state index contributed by atoms with van der Waals surface area (Å²) in [4.78, 5) is 4.22. The van der Waals surface area contributed by atoms with Gasteiger partial charge in [0.2, 0.25) is 5.89 Å². The van der Waals surface area contributed by atoms with Crippen molar-refractivity contribution >= 4 is 0 Å². The molecule has 0 radical (unpaired) electrons. The van der Waals surface area contributed by atoms with Crippen molar-refractivity contribution in [2.75, 3.05) is 6.54 Å². The third-order valence-electron chi connectivity index (χ3n) is 2.20. The van der Waals surface area contributed by atoms with E-state index in [-0.39, 0.29) is 5.54 Å². The van der Waals surface area contributed by atoms with Gasteiger partial charge in [-0.2, -0.15) is 4.98 Å². The van der Waals surface area contributed by atoms with E-state index in [1.165, 1.54) is 0 Å². The van der Waals surface area contributed by atoms with E-state index in [1.807, 2.05) is 6.92 Å². The summed E-state index contributed by atoms with van der Waals surface area (Å²) in [5.41, 5.74) is 0.0238. The van der Waals surface area contributed by atoms with Crippen molar-refractivity contribution in [3.8, 4) is 0 Å². The van der Waals surface area contributed by atoms with Crippen LogP contribution in [0.3, 0.4) is 0 Å². The van der Waals surface area contributed by atoms with Crippen LogP contribution in [0, 0.1) is 6.92 Å². The number of hydrogen-bond acceptors (Lipinski definition) is 4. The summed E-state index contributed by atoms with van der Waals surface area (Å²) in [6.07, 6.45) is 2.23. The van der Waals surface area contributed by atoms with Crippen molar-refractivity contribution in [3.05, 3.63) is 11.7 Å². The van der Waals surface area contributed by atoms with Crippen LogP contribution in [0.5, 0.6) is 0 Å². The van der Waals surface area contributed by atoms with Gasteiger partial charge in [-0.15, -0.1) is 0 Å². The first-order valence-electron chi connectivity index (χ1n) is 4.33. The van der Waals surface area contributed by atoms with Gasteiger partial charge in [0.1, 0.15) is 0 Å². The number of aryl methyl sites for hydroxylation is 1. The highest BCUT2D eigenvalue weighted by Gasteiger charge is 2.48. The molecule has 12 heavy (non-hydrogen) atoms. The summed E-state index contributed by atoms with van der Waals surface area (Å²) >= 11 is 0. The summed E-state index contributed by atoms with van der Waals surface area (Å²) in [6, 6.07) is 0. The molecular formula is C8H13N3O. The lowest BCUT2D eigenvalue weighted by Crippen LogP contribution is -2.28. The van der Waals surface area contributed by atoms with Crippen molar-refractivity contribution in [3.63, 3.8) is 0 Å². The van der Waals surface area contributed by atoms with E-state index in [0.29, 0.717) is 5.82 Å². The Kier molecular flexibility index (Phi) is 1.65. The van der Waals surface area contributed by atoms with E-state index in [9.17, 15) is 0 Å². The zero-order valence-electron chi connectivity index (χ0n) is 7.42. The van der Waals surface area contributed by atoms with Gasteiger partial charge in [-0.05, 0) is 26.3 Å². The normalized spacial score (nSPS) is 19.5. The predicted octanol–water partition coefficient (Wildman–Crippen LogP) is 0.977. The topological polar surface area (TPSA) is 51.0 Å². The van der Waals surface area contributed by atoms with Crippen LogP contribution < -0.4 is 5.32 Å². The summed E-state index contributed by atoms with van der Waals surface area (Å²) < 4.78 is 5.12. The minimum absolute atomic E-state index is 0.0238. The fourth-order valence-corrected chi connectivity index (χ4v) is 1.42. The molecule has 1 aromatic rings. The highest BCUT2D eigenvalue weighted by atomic mass is 16.5. The third kappa shape index (κ3) is 1.12. The van der Waals surface area contributed by atoms with Gasteiger partial charge in [0.25, 0.3) is 0 Å². The highest BCUT2D eigenvalue weighted by molar-refractivity contribution is 5.13. The van der Waals surface area contributed by atoms with Crippen LogP contribution in [0.4, 0.5) is 0 Å². The van der Waals surface area contributed by atoms with E-state index in [0.717, 1.165) is 25.3 Å². The van der Waals surface area contributed by atoms with Gasteiger partial charge in [0, 0.05) is 0 Å². The SMILES string of the molecule is CCNC1(c2nc(C)no2)CC1. The van der Waals surface area contributed by atoms with Gasteiger partial charge < -0.3 is 9.84 Å². The molecule has 4 heteroatoms. The van der Waals surface area contributed by atoms with Crippen molar-refractivity contribution in [1.29, 1.82) is 0 Å². The predicted molar refractivity (Wildman–Crippen MR) is 43.6 cm³/mol. The quantitative estimate of drug-likeness (QED) is 0.729. The van der Waals surface area contributed by atoms with E-state index in [4.69, 9.17) is 4.52 Å². The average Bonchev–Trinajstić information content (AvgIpc) is 2.69. The van der Waals surface area contributed by atoms with Crippen LogP contribution in [-0.4, -0.2) is 16.7 Å². The Morgan fingerprint density at radius 3 is 2.75 bits per heavy atom. The molecule has 2 rings (SSSR count). The Labute approximate surface area is 71.4 Å². The second-order valence-electron chi connectivity index (χ2n) is 3.26. The zero-order chi connectivity index (χ0) is 8.60. The molecule has 1 aromatic heterocycles. The molecule has 0 aliphatic heterocycles. The maximum Gasteiger partial charge on any atom is 0.246 e. The van der Waals surface area contributed by atoms with Crippen LogP contribution in [0.15, 0.2) is 4.52 Å². The van der Waals surface area contributed by atoms with Crippen molar-refractivity contribution in [1.82, 2.24) is 15.5 Å². The van der Waals surface area contributed by atoms with Gasteiger partial charge in [-0.3, -0.25) is 0 Å². The molecule has 1 N–H and O–H groups in total. The molecular weight excluding hydrogens is 154 g/mol. The number of nitrogens with zero attached hydrogens (tertiary/aromatic N) is 2. The van der Waals surface area contributed by atoms with Crippen LogP contribution >= 0.6 is 0 Å². The molecule has 1 aliphatic carbocycles. The van der Waals surface area contributed by atoms with E-state index < -0.39 is 0 Å². The first-order valence-corrected chi connectivity index (χ1v) is 4.33. The monoisotopic (exact) mass is 167 g/mol. The number of rotatable bonds is 3. The first-order chi connectivity index (χ1) is 5.77. The molecule has 1 fully saturated rings. The molecule has 66 valence electrons. The molecule has 0 aromatic carbocycles. The maximum absolute atomic E-state index is 5.12. The Morgan fingerprint density at radius 1 is 1.58 bits per heavy atom. The molecule has 0 spiro atoms. The van der Waals surface area contributed by atoms with Crippen molar-refractivity contribution < 1.29 is 4.52 Å². The molecule has 1 saturated carbocycles. The Hall–Kier alpha value is -0.900. The van der Waals surface area contributed by atoms with Crippen molar-refractivity contribution in [2.24, 2.45) is 0 Å². The molecule has 0 saturated heterocycles. The molecule has 0 atom stereocenters. The number of aromatic nitrogens is 2. The Bertz CT molecular complexity index is 278. The second kappa shape index (κ2) is 2.55. The summed E-state index contributed by atoms with van der Waals surface area (Å²) in [5.74, 6) is 1.47. The maximum atomic E-state index is 5.12. The van der Waals surface area contributed by atoms with E-state index in [1.54, 1.807) is 0 Å². The molecule has 0 amide bonds. The smallest absolute Gasteiger partial charge is 0.246 e. The van der Waals surface area contributed by atoms with Crippen LogP contribution in [0.25, 0.3) is 0 Å². The molecule has 0 unspecified atom stereocenters. The average molecular weight is 167 g/mol. The van der Waals surface area contributed by atoms with Gasteiger partial charge in [0.05, 0.1) is 5.54 Å².